The molecule has 0 radical (unpaired) electrons. The van der Waals surface area contributed by atoms with Crippen molar-refractivity contribution in [2.45, 2.75) is 45.3 Å². The van der Waals surface area contributed by atoms with Gasteiger partial charge in [0, 0.05) is 31.6 Å². The molecule has 1 aromatic carbocycles. The van der Waals surface area contributed by atoms with Gasteiger partial charge in [-0.15, -0.1) is 0 Å². The van der Waals surface area contributed by atoms with Gasteiger partial charge in [-0.3, -0.25) is 4.79 Å². The Morgan fingerprint density at radius 3 is 2.76 bits per heavy atom. The highest BCUT2D eigenvalue weighted by molar-refractivity contribution is 5.83. The maximum absolute atomic E-state index is 12.0. The third-order valence-electron chi connectivity index (χ3n) is 3.99. The summed E-state index contributed by atoms with van der Waals surface area (Å²) < 4.78 is 6.02. The van der Waals surface area contributed by atoms with Crippen LogP contribution in [-0.2, 0) is 4.79 Å². The summed E-state index contributed by atoms with van der Waals surface area (Å²) in [7, 11) is 1.83. The number of rotatable bonds is 7. The molecule has 1 aliphatic rings. The first-order valence-electron chi connectivity index (χ1n) is 7.91. The predicted molar refractivity (Wildman–Crippen MR) is 84.4 cm³/mol. The molecule has 1 saturated heterocycles. The first kappa shape index (κ1) is 15.8. The second kappa shape index (κ2) is 7.46. The quantitative estimate of drug-likeness (QED) is 0.839. The SMILES string of the molecule is CCCNC(CC)c1ccccc1OC1CCN(C)C1=O. The van der Waals surface area contributed by atoms with Crippen molar-refractivity contribution in [1.29, 1.82) is 0 Å². The third-order valence-corrected chi connectivity index (χ3v) is 3.99. The Labute approximate surface area is 127 Å². The minimum absolute atomic E-state index is 0.0827. The fraction of sp³-hybridized carbons (Fsp3) is 0.588. The number of carbonyl (C=O) groups excluding carboxylic acids is 1. The summed E-state index contributed by atoms with van der Waals surface area (Å²) in [6.45, 7) is 6.09. The summed E-state index contributed by atoms with van der Waals surface area (Å²) in [5.41, 5.74) is 1.15. The van der Waals surface area contributed by atoms with Gasteiger partial charge in [0.05, 0.1) is 0 Å². The molecule has 2 atom stereocenters. The van der Waals surface area contributed by atoms with Gasteiger partial charge in [-0.25, -0.2) is 0 Å². The number of amides is 1. The molecule has 0 aliphatic carbocycles. The number of hydrogen-bond donors (Lipinski definition) is 1. The minimum Gasteiger partial charge on any atom is -0.480 e. The van der Waals surface area contributed by atoms with E-state index in [0.717, 1.165) is 43.7 Å². The van der Waals surface area contributed by atoms with Crippen LogP contribution in [0.3, 0.4) is 0 Å². The van der Waals surface area contributed by atoms with Crippen LogP contribution in [0.4, 0.5) is 0 Å². The number of hydrogen-bond acceptors (Lipinski definition) is 3. The van der Waals surface area contributed by atoms with Crippen LogP contribution in [0.25, 0.3) is 0 Å². The summed E-state index contributed by atoms with van der Waals surface area (Å²) in [6, 6.07) is 8.33. The molecule has 1 N–H and O–H groups in total. The van der Waals surface area contributed by atoms with Crippen molar-refractivity contribution in [2.75, 3.05) is 20.1 Å². The van der Waals surface area contributed by atoms with Crippen LogP contribution >= 0.6 is 0 Å². The number of benzene rings is 1. The molecule has 4 heteroatoms. The fourth-order valence-electron chi connectivity index (χ4n) is 2.72. The van der Waals surface area contributed by atoms with E-state index in [2.05, 4.69) is 25.2 Å². The van der Waals surface area contributed by atoms with Gasteiger partial charge < -0.3 is 15.0 Å². The molecule has 116 valence electrons. The van der Waals surface area contributed by atoms with Crippen LogP contribution in [0.15, 0.2) is 24.3 Å². The summed E-state index contributed by atoms with van der Waals surface area (Å²) in [6.07, 6.45) is 2.53. The molecule has 0 saturated carbocycles. The Morgan fingerprint density at radius 2 is 2.14 bits per heavy atom. The predicted octanol–water partition coefficient (Wildman–Crippen LogP) is 2.75. The van der Waals surface area contributed by atoms with Gasteiger partial charge in [-0.05, 0) is 25.5 Å². The molecule has 0 aromatic heterocycles. The van der Waals surface area contributed by atoms with Crippen LogP contribution in [0.2, 0.25) is 0 Å². The summed E-state index contributed by atoms with van der Waals surface area (Å²) >= 11 is 0. The Hall–Kier alpha value is -1.55. The molecule has 0 spiro atoms. The van der Waals surface area contributed by atoms with Crippen LogP contribution < -0.4 is 10.1 Å². The van der Waals surface area contributed by atoms with Gasteiger partial charge in [0.2, 0.25) is 0 Å². The lowest BCUT2D eigenvalue weighted by Crippen LogP contribution is -2.30. The highest BCUT2D eigenvalue weighted by Crippen LogP contribution is 2.29. The van der Waals surface area contributed by atoms with E-state index in [-0.39, 0.29) is 18.1 Å². The molecule has 4 nitrogen and oxygen atoms in total. The number of carbonyl (C=O) groups is 1. The molecule has 0 bridgehead atoms. The van der Waals surface area contributed by atoms with E-state index in [1.165, 1.54) is 0 Å². The number of likely N-dealkylation sites (tertiary alicyclic amines) is 1. The molecular weight excluding hydrogens is 264 g/mol. The van der Waals surface area contributed by atoms with E-state index in [1.807, 2.05) is 25.2 Å². The Kier molecular flexibility index (Phi) is 5.62. The molecular formula is C17H26N2O2. The van der Waals surface area contributed by atoms with E-state index in [4.69, 9.17) is 4.74 Å². The second-order valence-corrected chi connectivity index (χ2v) is 5.61. The fourth-order valence-corrected chi connectivity index (χ4v) is 2.72. The lowest BCUT2D eigenvalue weighted by atomic mass is 10.0. The van der Waals surface area contributed by atoms with Gasteiger partial charge in [-0.2, -0.15) is 0 Å². The average Bonchev–Trinajstić information content (AvgIpc) is 2.81. The van der Waals surface area contributed by atoms with E-state index >= 15 is 0 Å². The average molecular weight is 290 g/mol. The number of para-hydroxylation sites is 1. The van der Waals surface area contributed by atoms with Crippen molar-refractivity contribution in [2.24, 2.45) is 0 Å². The minimum atomic E-state index is -0.333. The highest BCUT2D eigenvalue weighted by atomic mass is 16.5. The van der Waals surface area contributed by atoms with E-state index in [1.54, 1.807) is 4.90 Å². The van der Waals surface area contributed by atoms with Crippen LogP contribution in [0.5, 0.6) is 5.75 Å². The van der Waals surface area contributed by atoms with E-state index in [9.17, 15) is 4.79 Å². The second-order valence-electron chi connectivity index (χ2n) is 5.61. The molecule has 2 unspecified atom stereocenters. The van der Waals surface area contributed by atoms with Crippen LogP contribution in [0, 0.1) is 0 Å². The van der Waals surface area contributed by atoms with Crippen molar-refractivity contribution in [3.05, 3.63) is 29.8 Å². The Bertz CT molecular complexity index is 476. The van der Waals surface area contributed by atoms with Crippen molar-refractivity contribution in [1.82, 2.24) is 10.2 Å². The molecule has 1 amide bonds. The first-order valence-corrected chi connectivity index (χ1v) is 7.91. The standard InChI is InChI=1S/C17H26N2O2/c1-4-11-18-14(5-2)13-8-6-7-9-15(13)21-16-10-12-19(3)17(16)20/h6-9,14,16,18H,4-5,10-12H2,1-3H3. The zero-order valence-corrected chi connectivity index (χ0v) is 13.3. The van der Waals surface area contributed by atoms with Gasteiger partial charge in [0.25, 0.3) is 5.91 Å². The largest absolute Gasteiger partial charge is 0.480 e. The van der Waals surface area contributed by atoms with Gasteiger partial charge in [0.15, 0.2) is 6.10 Å². The zero-order chi connectivity index (χ0) is 15.2. The first-order chi connectivity index (χ1) is 10.2. The van der Waals surface area contributed by atoms with Crippen LogP contribution in [-0.4, -0.2) is 37.0 Å². The van der Waals surface area contributed by atoms with Gasteiger partial charge >= 0.3 is 0 Å². The monoisotopic (exact) mass is 290 g/mol. The summed E-state index contributed by atoms with van der Waals surface area (Å²) in [5, 5.41) is 3.55. The third kappa shape index (κ3) is 3.76. The molecule has 2 rings (SSSR count). The Balaban J connectivity index is 2.14. The smallest absolute Gasteiger partial charge is 0.263 e. The van der Waals surface area contributed by atoms with E-state index < -0.39 is 0 Å². The number of ether oxygens (including phenoxy) is 1. The number of nitrogens with one attached hydrogen (secondary N) is 1. The topological polar surface area (TPSA) is 41.6 Å². The lowest BCUT2D eigenvalue weighted by molar-refractivity contribution is -0.132. The molecule has 1 aliphatic heterocycles. The molecule has 21 heavy (non-hydrogen) atoms. The van der Waals surface area contributed by atoms with Gasteiger partial charge in [0.1, 0.15) is 5.75 Å². The van der Waals surface area contributed by atoms with Gasteiger partial charge in [-0.1, -0.05) is 32.0 Å². The van der Waals surface area contributed by atoms with Crippen molar-refractivity contribution in [3.8, 4) is 5.75 Å². The maximum atomic E-state index is 12.0. The van der Waals surface area contributed by atoms with Crippen molar-refractivity contribution >= 4 is 5.91 Å². The highest BCUT2D eigenvalue weighted by Gasteiger charge is 2.31. The van der Waals surface area contributed by atoms with Crippen molar-refractivity contribution in [3.63, 3.8) is 0 Å². The lowest BCUT2D eigenvalue weighted by Gasteiger charge is -2.22. The number of likely N-dealkylation sites (N-methyl/N-ethyl adjacent to an activating group) is 1. The molecule has 1 fully saturated rings. The normalized spacial score (nSPS) is 19.9. The Morgan fingerprint density at radius 1 is 1.38 bits per heavy atom. The maximum Gasteiger partial charge on any atom is 0.263 e. The zero-order valence-electron chi connectivity index (χ0n) is 13.3. The van der Waals surface area contributed by atoms with Crippen molar-refractivity contribution < 1.29 is 9.53 Å². The molecule has 1 aromatic rings. The van der Waals surface area contributed by atoms with Crippen LogP contribution in [0.1, 0.15) is 44.7 Å². The van der Waals surface area contributed by atoms with E-state index in [0.29, 0.717) is 0 Å². The number of nitrogens with zero attached hydrogens (tertiary/aromatic N) is 1. The summed E-state index contributed by atoms with van der Waals surface area (Å²) in [4.78, 5) is 13.8. The molecule has 1 heterocycles. The summed E-state index contributed by atoms with van der Waals surface area (Å²) in [5.74, 6) is 0.918.